The zero-order chi connectivity index (χ0) is 24.6. The predicted octanol–water partition coefficient (Wildman–Crippen LogP) is 4.31. The third-order valence-corrected chi connectivity index (χ3v) is 6.60. The molecule has 0 saturated carbocycles. The number of hydrogen-bond acceptors (Lipinski definition) is 4. The fraction of sp³-hybridized carbons (Fsp3) is 0.310. The van der Waals surface area contributed by atoms with Crippen molar-refractivity contribution in [3.63, 3.8) is 0 Å². The molecule has 0 radical (unpaired) electrons. The Morgan fingerprint density at radius 1 is 0.886 bits per heavy atom. The smallest absolute Gasteiger partial charge is 0.253 e. The Morgan fingerprint density at radius 2 is 1.60 bits per heavy atom. The van der Waals surface area contributed by atoms with Crippen LogP contribution < -0.4 is 14.8 Å². The molecule has 3 aromatic rings. The van der Waals surface area contributed by atoms with E-state index in [4.69, 9.17) is 9.47 Å². The van der Waals surface area contributed by atoms with E-state index in [0.717, 1.165) is 16.9 Å². The molecule has 0 spiro atoms. The molecule has 1 aliphatic heterocycles. The van der Waals surface area contributed by atoms with Gasteiger partial charge in [0.1, 0.15) is 11.5 Å². The molecule has 6 heteroatoms. The molecule has 1 aliphatic rings. The Morgan fingerprint density at radius 3 is 2.31 bits per heavy atom. The summed E-state index contributed by atoms with van der Waals surface area (Å²) in [6, 6.07) is 25.1. The van der Waals surface area contributed by atoms with Gasteiger partial charge in [-0.1, -0.05) is 48.5 Å². The second kappa shape index (κ2) is 11.6. The number of benzene rings is 3. The number of nitrogens with zero attached hydrogens (tertiary/aromatic N) is 1. The average molecular weight is 473 g/mol. The van der Waals surface area contributed by atoms with Crippen molar-refractivity contribution >= 4 is 11.8 Å². The number of carbonyl (C=O) groups is 2. The molecule has 0 aromatic heterocycles. The van der Waals surface area contributed by atoms with Crippen LogP contribution in [-0.2, 0) is 11.2 Å². The van der Waals surface area contributed by atoms with Crippen LogP contribution in [0, 0.1) is 5.92 Å². The Bertz CT molecular complexity index is 1130. The van der Waals surface area contributed by atoms with Crippen LogP contribution in [-0.4, -0.2) is 50.6 Å². The first kappa shape index (κ1) is 24.3. The number of carbonyl (C=O) groups excluding carboxylic acids is 2. The summed E-state index contributed by atoms with van der Waals surface area (Å²) in [4.78, 5) is 28.4. The number of rotatable bonds is 8. The molecule has 35 heavy (non-hydrogen) atoms. The van der Waals surface area contributed by atoms with Crippen molar-refractivity contribution in [3.05, 3.63) is 95.6 Å². The summed E-state index contributed by atoms with van der Waals surface area (Å²) in [7, 11) is 3.25. The van der Waals surface area contributed by atoms with E-state index >= 15 is 0 Å². The number of para-hydroxylation sites is 1. The summed E-state index contributed by atoms with van der Waals surface area (Å²) in [6.45, 7) is 1.49. The number of hydrogen-bond donors (Lipinski definition) is 1. The molecular weight excluding hydrogens is 440 g/mol. The normalized spacial score (nSPS) is 17.5. The minimum Gasteiger partial charge on any atom is -0.497 e. The van der Waals surface area contributed by atoms with Crippen LogP contribution in [0.2, 0.25) is 0 Å². The number of piperidine rings is 1. The molecule has 2 atom stereocenters. The highest BCUT2D eigenvalue weighted by atomic mass is 16.5. The van der Waals surface area contributed by atoms with E-state index in [1.54, 1.807) is 38.5 Å². The maximum absolute atomic E-state index is 13.4. The summed E-state index contributed by atoms with van der Waals surface area (Å²) >= 11 is 0. The van der Waals surface area contributed by atoms with E-state index in [2.05, 4.69) is 17.4 Å². The number of ether oxygens (including phenoxy) is 2. The molecule has 3 aromatic carbocycles. The molecule has 2 amide bonds. The van der Waals surface area contributed by atoms with Crippen molar-refractivity contribution < 1.29 is 19.1 Å². The van der Waals surface area contributed by atoms with Crippen molar-refractivity contribution in [1.82, 2.24) is 10.2 Å². The van der Waals surface area contributed by atoms with Gasteiger partial charge in [-0.15, -0.1) is 0 Å². The van der Waals surface area contributed by atoms with E-state index in [9.17, 15) is 9.59 Å². The summed E-state index contributed by atoms with van der Waals surface area (Å²) in [5.74, 6) is 1.24. The molecule has 1 heterocycles. The number of methoxy groups -OCH3 is 2. The lowest BCUT2D eigenvalue weighted by Gasteiger charge is -2.37. The summed E-state index contributed by atoms with van der Waals surface area (Å²) in [5.41, 5.74) is 2.79. The van der Waals surface area contributed by atoms with Gasteiger partial charge >= 0.3 is 0 Å². The molecule has 182 valence electrons. The topological polar surface area (TPSA) is 67.9 Å². The number of nitrogens with one attached hydrogen (secondary N) is 1. The second-order valence-electron chi connectivity index (χ2n) is 8.83. The first-order valence-electron chi connectivity index (χ1n) is 12.0. The molecule has 0 bridgehead atoms. The summed E-state index contributed by atoms with van der Waals surface area (Å²) < 4.78 is 10.6. The van der Waals surface area contributed by atoms with E-state index in [0.29, 0.717) is 43.8 Å². The molecule has 0 unspecified atom stereocenters. The van der Waals surface area contributed by atoms with Gasteiger partial charge in [0, 0.05) is 31.1 Å². The Labute approximate surface area is 206 Å². The van der Waals surface area contributed by atoms with Crippen LogP contribution >= 0.6 is 0 Å². The van der Waals surface area contributed by atoms with E-state index in [1.165, 1.54) is 0 Å². The Hall–Kier alpha value is -3.80. The van der Waals surface area contributed by atoms with Gasteiger partial charge in [-0.25, -0.2) is 0 Å². The SMILES string of the molecule is COc1ccc(C(=O)N2C[C@H](C(=O)NCCc3ccccc3OC)C[C@@H](c3ccccc3)C2)cc1. The van der Waals surface area contributed by atoms with Crippen molar-refractivity contribution in [2.24, 2.45) is 5.92 Å². The molecule has 6 nitrogen and oxygen atoms in total. The molecule has 1 fully saturated rings. The van der Waals surface area contributed by atoms with Gasteiger partial charge in [-0.05, 0) is 54.3 Å². The first-order valence-corrected chi connectivity index (χ1v) is 12.0. The summed E-state index contributed by atoms with van der Waals surface area (Å²) in [5, 5.41) is 3.09. The van der Waals surface area contributed by atoms with E-state index < -0.39 is 0 Å². The van der Waals surface area contributed by atoms with Gasteiger partial charge in [0.25, 0.3) is 5.91 Å². The maximum atomic E-state index is 13.4. The highest BCUT2D eigenvalue weighted by Crippen LogP contribution is 2.31. The number of likely N-dealkylation sites (tertiary alicyclic amines) is 1. The minimum atomic E-state index is -0.283. The molecule has 1 saturated heterocycles. The first-order chi connectivity index (χ1) is 17.1. The lowest BCUT2D eigenvalue weighted by Crippen LogP contribution is -2.48. The standard InChI is InChI=1S/C29H32N2O4/c1-34-26-14-12-23(13-15-26)29(33)31-19-24(21-8-4-3-5-9-21)18-25(20-31)28(32)30-17-16-22-10-6-7-11-27(22)35-2/h3-15,24-25H,16-20H2,1-2H3,(H,30,32)/t24-,25-/m1/s1. The third kappa shape index (κ3) is 6.01. The predicted molar refractivity (Wildman–Crippen MR) is 136 cm³/mol. The zero-order valence-electron chi connectivity index (χ0n) is 20.3. The highest BCUT2D eigenvalue weighted by Gasteiger charge is 2.34. The van der Waals surface area contributed by atoms with Crippen LogP contribution in [0.3, 0.4) is 0 Å². The lowest BCUT2D eigenvalue weighted by atomic mass is 9.83. The fourth-order valence-electron chi connectivity index (χ4n) is 4.71. The number of amides is 2. The third-order valence-electron chi connectivity index (χ3n) is 6.60. The van der Waals surface area contributed by atoms with Gasteiger partial charge in [0.2, 0.25) is 5.91 Å². The maximum Gasteiger partial charge on any atom is 0.253 e. The minimum absolute atomic E-state index is 0.0203. The molecule has 0 aliphatic carbocycles. The van der Waals surface area contributed by atoms with Gasteiger partial charge in [-0.2, -0.15) is 0 Å². The Balaban J connectivity index is 1.46. The van der Waals surface area contributed by atoms with E-state index in [1.807, 2.05) is 47.4 Å². The molecule has 4 rings (SSSR count). The van der Waals surface area contributed by atoms with Crippen LogP contribution in [0.25, 0.3) is 0 Å². The van der Waals surface area contributed by atoms with Crippen molar-refractivity contribution in [1.29, 1.82) is 0 Å². The largest absolute Gasteiger partial charge is 0.497 e. The molecular formula is C29H32N2O4. The quantitative estimate of drug-likeness (QED) is 0.531. The molecule has 1 N–H and O–H groups in total. The van der Waals surface area contributed by atoms with Crippen LogP contribution in [0.15, 0.2) is 78.9 Å². The fourth-order valence-corrected chi connectivity index (χ4v) is 4.71. The van der Waals surface area contributed by atoms with Crippen molar-refractivity contribution in [2.45, 2.75) is 18.8 Å². The van der Waals surface area contributed by atoms with Gasteiger partial charge in [-0.3, -0.25) is 9.59 Å². The average Bonchev–Trinajstić information content (AvgIpc) is 2.93. The lowest BCUT2D eigenvalue weighted by molar-refractivity contribution is -0.126. The summed E-state index contributed by atoms with van der Waals surface area (Å²) in [6.07, 6.45) is 1.38. The highest BCUT2D eigenvalue weighted by molar-refractivity contribution is 5.95. The van der Waals surface area contributed by atoms with Gasteiger partial charge in [0.15, 0.2) is 0 Å². The zero-order valence-corrected chi connectivity index (χ0v) is 20.3. The van der Waals surface area contributed by atoms with Gasteiger partial charge in [0.05, 0.1) is 20.1 Å². The van der Waals surface area contributed by atoms with Crippen LogP contribution in [0.5, 0.6) is 11.5 Å². The van der Waals surface area contributed by atoms with Gasteiger partial charge < -0.3 is 19.7 Å². The Kier molecular flexibility index (Phi) is 8.03. The van der Waals surface area contributed by atoms with Crippen LogP contribution in [0.1, 0.15) is 33.8 Å². The van der Waals surface area contributed by atoms with Crippen LogP contribution in [0.4, 0.5) is 0 Å². The van der Waals surface area contributed by atoms with Crippen molar-refractivity contribution in [2.75, 3.05) is 33.9 Å². The monoisotopic (exact) mass is 472 g/mol. The second-order valence-corrected chi connectivity index (χ2v) is 8.83. The van der Waals surface area contributed by atoms with Crippen molar-refractivity contribution in [3.8, 4) is 11.5 Å². The van der Waals surface area contributed by atoms with E-state index in [-0.39, 0.29) is 23.7 Å².